The molecule has 0 spiro atoms. The van der Waals surface area contributed by atoms with E-state index in [-0.39, 0.29) is 0 Å². The fourth-order valence-electron chi connectivity index (χ4n) is 2.25. The van der Waals surface area contributed by atoms with Crippen LogP contribution in [0.15, 0.2) is 0 Å². The molecule has 0 bridgehead atoms. The zero-order valence-corrected chi connectivity index (χ0v) is 9.96. The van der Waals surface area contributed by atoms with Gasteiger partial charge < -0.3 is 4.74 Å². The van der Waals surface area contributed by atoms with Crippen LogP contribution in [0.25, 0.3) is 0 Å². The van der Waals surface area contributed by atoms with Crippen LogP contribution in [0, 0.1) is 5.92 Å². The van der Waals surface area contributed by atoms with Crippen molar-refractivity contribution in [2.24, 2.45) is 5.92 Å². The minimum Gasteiger partial charge on any atom is -0.381 e. The molecule has 88 valence electrons. The predicted octanol–water partition coefficient (Wildman–Crippen LogP) is 3.34. The average Bonchev–Trinajstić information content (AvgIpc) is 2.26. The summed E-state index contributed by atoms with van der Waals surface area (Å²) in [7, 11) is 0. The van der Waals surface area contributed by atoms with Gasteiger partial charge in [-0.25, -0.2) is 0 Å². The fraction of sp³-hybridized carbons (Fsp3) is 0.923. The van der Waals surface area contributed by atoms with Gasteiger partial charge in [-0.2, -0.15) is 0 Å². The Morgan fingerprint density at radius 1 is 1.20 bits per heavy atom. The smallest absolute Gasteiger partial charge is 0.135 e. The van der Waals surface area contributed by atoms with Gasteiger partial charge in [0.1, 0.15) is 5.78 Å². The molecule has 0 atom stereocenters. The Morgan fingerprint density at radius 3 is 2.60 bits per heavy atom. The van der Waals surface area contributed by atoms with Gasteiger partial charge in [0.15, 0.2) is 0 Å². The lowest BCUT2D eigenvalue weighted by Gasteiger charge is -2.20. The second kappa shape index (κ2) is 7.86. The summed E-state index contributed by atoms with van der Waals surface area (Å²) >= 11 is 0. The normalized spacial score (nSPS) is 17.9. The summed E-state index contributed by atoms with van der Waals surface area (Å²) in [5, 5.41) is 0. The van der Waals surface area contributed by atoms with Crippen LogP contribution in [0.4, 0.5) is 0 Å². The van der Waals surface area contributed by atoms with Crippen LogP contribution < -0.4 is 0 Å². The molecular formula is C13H24O2. The molecule has 15 heavy (non-hydrogen) atoms. The molecule has 1 saturated carbocycles. The molecule has 0 radical (unpaired) electrons. The van der Waals surface area contributed by atoms with Crippen molar-refractivity contribution in [3.63, 3.8) is 0 Å². The van der Waals surface area contributed by atoms with Gasteiger partial charge in [0.25, 0.3) is 0 Å². The second-order valence-corrected chi connectivity index (χ2v) is 4.61. The minimum atomic E-state index is 0.401. The largest absolute Gasteiger partial charge is 0.381 e. The van der Waals surface area contributed by atoms with Crippen molar-refractivity contribution in [3.05, 3.63) is 0 Å². The standard InChI is InChI=1S/C13H24O2/c1-2-9-15-10-8-13(14)11-12-6-4-3-5-7-12/h12H,2-11H2,1H3. The van der Waals surface area contributed by atoms with Crippen LogP contribution >= 0.6 is 0 Å². The van der Waals surface area contributed by atoms with Gasteiger partial charge in [-0.15, -0.1) is 0 Å². The maximum absolute atomic E-state index is 11.6. The predicted molar refractivity (Wildman–Crippen MR) is 61.9 cm³/mol. The maximum Gasteiger partial charge on any atom is 0.135 e. The highest BCUT2D eigenvalue weighted by molar-refractivity contribution is 5.78. The van der Waals surface area contributed by atoms with Gasteiger partial charge >= 0.3 is 0 Å². The van der Waals surface area contributed by atoms with Crippen molar-refractivity contribution in [2.45, 2.75) is 58.3 Å². The average molecular weight is 212 g/mol. The Morgan fingerprint density at radius 2 is 1.93 bits per heavy atom. The summed E-state index contributed by atoms with van der Waals surface area (Å²) in [4.78, 5) is 11.6. The van der Waals surface area contributed by atoms with Crippen molar-refractivity contribution < 1.29 is 9.53 Å². The van der Waals surface area contributed by atoms with Crippen molar-refractivity contribution >= 4 is 5.78 Å². The number of hydrogen-bond donors (Lipinski definition) is 0. The van der Waals surface area contributed by atoms with Crippen molar-refractivity contribution in [1.29, 1.82) is 0 Å². The first-order valence-corrected chi connectivity index (χ1v) is 6.42. The molecule has 1 fully saturated rings. The molecule has 0 saturated heterocycles. The summed E-state index contributed by atoms with van der Waals surface area (Å²) in [6, 6.07) is 0. The van der Waals surface area contributed by atoms with E-state index >= 15 is 0 Å². The van der Waals surface area contributed by atoms with Gasteiger partial charge in [0.05, 0.1) is 6.61 Å². The maximum atomic E-state index is 11.6. The topological polar surface area (TPSA) is 26.3 Å². The number of ether oxygens (including phenoxy) is 1. The van der Waals surface area contributed by atoms with Crippen molar-refractivity contribution in [3.8, 4) is 0 Å². The third-order valence-corrected chi connectivity index (χ3v) is 3.11. The molecule has 0 N–H and O–H groups in total. The van der Waals surface area contributed by atoms with E-state index in [1.54, 1.807) is 0 Å². The molecule has 0 aromatic heterocycles. The van der Waals surface area contributed by atoms with E-state index < -0.39 is 0 Å². The third kappa shape index (κ3) is 5.93. The lowest BCUT2D eigenvalue weighted by molar-refractivity contribution is -0.121. The molecule has 0 unspecified atom stereocenters. The van der Waals surface area contributed by atoms with Gasteiger partial charge in [-0.3, -0.25) is 4.79 Å². The summed E-state index contributed by atoms with van der Waals surface area (Å²) < 4.78 is 5.32. The van der Waals surface area contributed by atoms with Crippen LogP contribution in [0.2, 0.25) is 0 Å². The van der Waals surface area contributed by atoms with E-state index in [2.05, 4.69) is 6.92 Å². The van der Waals surface area contributed by atoms with Crippen LogP contribution in [-0.2, 0) is 9.53 Å². The lowest BCUT2D eigenvalue weighted by Crippen LogP contribution is -2.13. The van der Waals surface area contributed by atoms with Gasteiger partial charge in [0.2, 0.25) is 0 Å². The number of ketones is 1. The number of hydrogen-bond acceptors (Lipinski definition) is 2. The highest BCUT2D eigenvalue weighted by Gasteiger charge is 2.16. The van der Waals surface area contributed by atoms with Crippen LogP contribution in [0.3, 0.4) is 0 Å². The SMILES string of the molecule is CCCOCCC(=O)CC1CCCCC1. The van der Waals surface area contributed by atoms with Crippen molar-refractivity contribution in [2.75, 3.05) is 13.2 Å². The van der Waals surface area contributed by atoms with E-state index in [1.807, 2.05) is 0 Å². The third-order valence-electron chi connectivity index (χ3n) is 3.11. The molecule has 1 rings (SSSR count). The summed E-state index contributed by atoms with van der Waals surface area (Å²) in [5.41, 5.74) is 0. The van der Waals surface area contributed by atoms with Crippen LogP contribution in [0.1, 0.15) is 58.3 Å². The number of carbonyl (C=O) groups is 1. The highest BCUT2D eigenvalue weighted by atomic mass is 16.5. The monoisotopic (exact) mass is 212 g/mol. The lowest BCUT2D eigenvalue weighted by atomic mass is 9.85. The van der Waals surface area contributed by atoms with Crippen LogP contribution in [0.5, 0.6) is 0 Å². The molecule has 0 aromatic rings. The second-order valence-electron chi connectivity index (χ2n) is 4.61. The van der Waals surface area contributed by atoms with E-state index in [0.29, 0.717) is 24.7 Å². The zero-order chi connectivity index (χ0) is 10.9. The van der Waals surface area contributed by atoms with E-state index in [4.69, 9.17) is 4.74 Å². The first kappa shape index (κ1) is 12.7. The number of rotatable bonds is 7. The molecule has 0 heterocycles. The Hall–Kier alpha value is -0.370. The zero-order valence-electron chi connectivity index (χ0n) is 9.96. The van der Waals surface area contributed by atoms with E-state index in [0.717, 1.165) is 19.4 Å². The molecule has 0 amide bonds. The Kier molecular flexibility index (Phi) is 6.66. The molecule has 0 aliphatic heterocycles. The van der Waals surface area contributed by atoms with E-state index in [9.17, 15) is 4.79 Å². The Bertz CT molecular complexity index is 171. The van der Waals surface area contributed by atoms with E-state index in [1.165, 1.54) is 32.1 Å². The molecule has 1 aliphatic rings. The molecule has 0 aromatic carbocycles. The van der Waals surface area contributed by atoms with Gasteiger partial charge in [-0.05, 0) is 12.3 Å². The summed E-state index contributed by atoms with van der Waals surface area (Å²) in [5.74, 6) is 1.08. The Labute approximate surface area is 93.4 Å². The quantitative estimate of drug-likeness (QED) is 0.605. The molecule has 2 heteroatoms. The highest BCUT2D eigenvalue weighted by Crippen LogP contribution is 2.26. The summed E-state index contributed by atoms with van der Waals surface area (Å²) in [6.45, 7) is 3.50. The van der Waals surface area contributed by atoms with Gasteiger partial charge in [0, 0.05) is 19.4 Å². The number of Topliss-reactive ketones (excluding diaryl/α,β-unsaturated/α-hetero) is 1. The Balaban J connectivity index is 2.01. The molecule has 1 aliphatic carbocycles. The fourth-order valence-corrected chi connectivity index (χ4v) is 2.25. The van der Waals surface area contributed by atoms with Crippen LogP contribution in [-0.4, -0.2) is 19.0 Å². The van der Waals surface area contributed by atoms with Gasteiger partial charge in [-0.1, -0.05) is 39.0 Å². The first-order valence-electron chi connectivity index (χ1n) is 6.42. The molecule has 2 nitrogen and oxygen atoms in total. The number of carbonyl (C=O) groups excluding carboxylic acids is 1. The van der Waals surface area contributed by atoms with Crippen molar-refractivity contribution in [1.82, 2.24) is 0 Å². The minimum absolute atomic E-state index is 0.401. The molecular weight excluding hydrogens is 188 g/mol. The summed E-state index contributed by atoms with van der Waals surface area (Å²) in [6.07, 6.45) is 9.00. The first-order chi connectivity index (χ1) is 7.33.